The first-order chi connectivity index (χ1) is 13.9. The van der Waals surface area contributed by atoms with Crippen molar-refractivity contribution < 1.29 is 19.1 Å². The van der Waals surface area contributed by atoms with Gasteiger partial charge >= 0.3 is 6.03 Å². The Morgan fingerprint density at radius 1 is 1.03 bits per heavy atom. The summed E-state index contributed by atoms with van der Waals surface area (Å²) in [4.78, 5) is 28.2. The number of ether oxygens (including phenoxy) is 2. The van der Waals surface area contributed by atoms with Crippen LogP contribution in [0, 0.1) is 5.92 Å². The van der Waals surface area contributed by atoms with Crippen molar-refractivity contribution in [1.82, 2.24) is 20.4 Å². The summed E-state index contributed by atoms with van der Waals surface area (Å²) in [7, 11) is 3.26. The van der Waals surface area contributed by atoms with Crippen molar-refractivity contribution in [2.45, 2.75) is 26.8 Å². The molecule has 1 aromatic rings. The first kappa shape index (κ1) is 23.0. The molecular formula is C21H34N4O4. The molecule has 0 atom stereocenters. The summed E-state index contributed by atoms with van der Waals surface area (Å²) >= 11 is 0. The normalized spacial score (nSPS) is 15.2. The SMILES string of the molecule is COc1ccc(CN2CCN(CC(=O)NC(=O)NCCC(C)C)CC2)cc1OC. The molecule has 1 aliphatic rings. The lowest BCUT2D eigenvalue weighted by Gasteiger charge is -2.34. The number of nitrogens with one attached hydrogen (secondary N) is 2. The van der Waals surface area contributed by atoms with E-state index in [1.54, 1.807) is 14.2 Å². The average molecular weight is 407 g/mol. The van der Waals surface area contributed by atoms with Crippen LogP contribution in [0.25, 0.3) is 0 Å². The van der Waals surface area contributed by atoms with Crippen LogP contribution in [0.2, 0.25) is 0 Å². The van der Waals surface area contributed by atoms with Crippen molar-refractivity contribution in [2.75, 3.05) is 53.5 Å². The molecule has 0 aliphatic carbocycles. The van der Waals surface area contributed by atoms with Crippen LogP contribution in [0.4, 0.5) is 4.79 Å². The Morgan fingerprint density at radius 2 is 1.69 bits per heavy atom. The smallest absolute Gasteiger partial charge is 0.321 e. The lowest BCUT2D eigenvalue weighted by atomic mass is 10.1. The summed E-state index contributed by atoms with van der Waals surface area (Å²) in [5.74, 6) is 1.70. The van der Waals surface area contributed by atoms with Gasteiger partial charge in [0.1, 0.15) is 0 Å². The Hall–Kier alpha value is -2.32. The molecule has 0 radical (unpaired) electrons. The lowest BCUT2D eigenvalue weighted by molar-refractivity contribution is -0.121. The zero-order valence-electron chi connectivity index (χ0n) is 18.0. The highest BCUT2D eigenvalue weighted by Gasteiger charge is 2.20. The number of benzene rings is 1. The third kappa shape index (κ3) is 7.91. The minimum atomic E-state index is -0.414. The molecule has 162 valence electrons. The number of rotatable bonds is 9. The van der Waals surface area contributed by atoms with Gasteiger partial charge in [-0.1, -0.05) is 19.9 Å². The van der Waals surface area contributed by atoms with E-state index in [1.807, 2.05) is 18.2 Å². The predicted octanol–water partition coefficient (Wildman–Crippen LogP) is 1.69. The van der Waals surface area contributed by atoms with Gasteiger partial charge in [-0.2, -0.15) is 0 Å². The molecule has 1 saturated heterocycles. The Bertz CT molecular complexity index is 673. The number of hydrogen-bond donors (Lipinski definition) is 2. The number of carbonyl (C=O) groups excluding carboxylic acids is 2. The van der Waals surface area contributed by atoms with E-state index in [1.165, 1.54) is 0 Å². The molecule has 0 aromatic heterocycles. The Morgan fingerprint density at radius 3 is 2.31 bits per heavy atom. The summed E-state index contributed by atoms with van der Waals surface area (Å²) < 4.78 is 10.6. The standard InChI is InChI=1S/C21H34N4O4/c1-16(2)7-8-22-21(27)23-20(26)15-25-11-9-24(10-12-25)14-17-5-6-18(28-3)19(13-17)29-4/h5-6,13,16H,7-12,14-15H2,1-4H3,(H2,22,23,26,27). The molecule has 1 aromatic carbocycles. The number of carbonyl (C=O) groups is 2. The lowest BCUT2D eigenvalue weighted by Crippen LogP contribution is -2.50. The molecule has 1 fully saturated rings. The third-order valence-electron chi connectivity index (χ3n) is 4.95. The molecule has 8 nitrogen and oxygen atoms in total. The monoisotopic (exact) mass is 406 g/mol. The van der Waals surface area contributed by atoms with Crippen molar-refractivity contribution >= 4 is 11.9 Å². The number of methoxy groups -OCH3 is 2. The Labute approximate surface area is 173 Å². The summed E-state index contributed by atoms with van der Waals surface area (Å²) in [6.07, 6.45) is 0.893. The highest BCUT2D eigenvalue weighted by Crippen LogP contribution is 2.28. The Kier molecular flexibility index (Phi) is 9.21. The fourth-order valence-electron chi connectivity index (χ4n) is 3.23. The van der Waals surface area contributed by atoms with Gasteiger partial charge in [-0.05, 0) is 30.0 Å². The number of imide groups is 1. The number of nitrogens with zero attached hydrogens (tertiary/aromatic N) is 2. The maximum atomic E-state index is 12.1. The predicted molar refractivity (Wildman–Crippen MR) is 112 cm³/mol. The molecule has 1 heterocycles. The van der Waals surface area contributed by atoms with Gasteiger partial charge < -0.3 is 14.8 Å². The van der Waals surface area contributed by atoms with Gasteiger partial charge in [0.25, 0.3) is 0 Å². The van der Waals surface area contributed by atoms with Crippen LogP contribution in [0.1, 0.15) is 25.8 Å². The summed E-state index contributed by atoms with van der Waals surface area (Å²) in [5, 5.41) is 5.12. The average Bonchev–Trinajstić information content (AvgIpc) is 2.69. The van der Waals surface area contributed by atoms with Gasteiger partial charge in [0.05, 0.1) is 20.8 Å². The largest absolute Gasteiger partial charge is 0.493 e. The van der Waals surface area contributed by atoms with E-state index in [2.05, 4.69) is 34.3 Å². The van der Waals surface area contributed by atoms with E-state index in [-0.39, 0.29) is 12.5 Å². The second-order valence-electron chi connectivity index (χ2n) is 7.73. The van der Waals surface area contributed by atoms with E-state index in [4.69, 9.17) is 9.47 Å². The van der Waals surface area contributed by atoms with Gasteiger partial charge in [0.2, 0.25) is 5.91 Å². The van der Waals surface area contributed by atoms with E-state index in [0.29, 0.717) is 12.5 Å². The van der Waals surface area contributed by atoms with Crippen LogP contribution in [-0.2, 0) is 11.3 Å². The molecule has 8 heteroatoms. The fraction of sp³-hybridized carbons (Fsp3) is 0.619. The zero-order valence-corrected chi connectivity index (χ0v) is 18.0. The van der Waals surface area contributed by atoms with Crippen LogP contribution in [0.15, 0.2) is 18.2 Å². The topological polar surface area (TPSA) is 83.1 Å². The van der Waals surface area contributed by atoms with Crippen LogP contribution in [0.5, 0.6) is 11.5 Å². The summed E-state index contributed by atoms with van der Waals surface area (Å²) in [6.45, 7) is 9.12. The molecule has 0 spiro atoms. The Balaban J connectivity index is 1.71. The van der Waals surface area contributed by atoms with E-state index in [0.717, 1.165) is 56.2 Å². The van der Waals surface area contributed by atoms with Gasteiger partial charge in [-0.3, -0.25) is 19.9 Å². The van der Waals surface area contributed by atoms with E-state index >= 15 is 0 Å². The summed E-state index contributed by atoms with van der Waals surface area (Å²) in [6, 6.07) is 5.54. The molecule has 0 bridgehead atoms. The number of piperazine rings is 1. The van der Waals surface area contributed by atoms with Gasteiger partial charge in [-0.25, -0.2) is 4.79 Å². The fourth-order valence-corrected chi connectivity index (χ4v) is 3.23. The maximum absolute atomic E-state index is 12.1. The number of hydrogen-bond acceptors (Lipinski definition) is 6. The molecule has 2 rings (SSSR count). The van der Waals surface area contributed by atoms with Gasteiger partial charge in [0, 0.05) is 39.3 Å². The summed E-state index contributed by atoms with van der Waals surface area (Å²) in [5.41, 5.74) is 1.16. The van der Waals surface area contributed by atoms with Crippen LogP contribution < -0.4 is 20.1 Å². The van der Waals surface area contributed by atoms with Crippen molar-refractivity contribution in [2.24, 2.45) is 5.92 Å². The van der Waals surface area contributed by atoms with Crippen LogP contribution in [0.3, 0.4) is 0 Å². The van der Waals surface area contributed by atoms with Crippen LogP contribution in [-0.4, -0.2) is 75.2 Å². The molecule has 0 saturated carbocycles. The van der Waals surface area contributed by atoms with Crippen molar-refractivity contribution in [3.63, 3.8) is 0 Å². The first-order valence-electron chi connectivity index (χ1n) is 10.1. The first-order valence-corrected chi connectivity index (χ1v) is 10.1. The highest BCUT2D eigenvalue weighted by molar-refractivity contribution is 5.95. The maximum Gasteiger partial charge on any atom is 0.321 e. The van der Waals surface area contributed by atoms with Crippen molar-refractivity contribution in [1.29, 1.82) is 0 Å². The van der Waals surface area contributed by atoms with E-state index < -0.39 is 6.03 Å². The molecule has 3 amide bonds. The molecule has 2 N–H and O–H groups in total. The molecule has 0 unspecified atom stereocenters. The van der Waals surface area contributed by atoms with Gasteiger partial charge in [-0.15, -0.1) is 0 Å². The van der Waals surface area contributed by atoms with Crippen molar-refractivity contribution in [3.8, 4) is 11.5 Å². The third-order valence-corrected chi connectivity index (χ3v) is 4.95. The minimum Gasteiger partial charge on any atom is -0.493 e. The minimum absolute atomic E-state index is 0.238. The van der Waals surface area contributed by atoms with Crippen LogP contribution >= 0.6 is 0 Å². The van der Waals surface area contributed by atoms with Crippen molar-refractivity contribution in [3.05, 3.63) is 23.8 Å². The highest BCUT2D eigenvalue weighted by atomic mass is 16.5. The second kappa shape index (κ2) is 11.6. The quantitative estimate of drug-likeness (QED) is 0.649. The molecule has 1 aliphatic heterocycles. The molecule has 29 heavy (non-hydrogen) atoms. The number of urea groups is 1. The zero-order chi connectivity index (χ0) is 21.2. The molecular weight excluding hydrogens is 372 g/mol. The second-order valence-corrected chi connectivity index (χ2v) is 7.73. The number of amides is 3. The van der Waals surface area contributed by atoms with Gasteiger partial charge in [0.15, 0.2) is 11.5 Å². The van der Waals surface area contributed by atoms with E-state index in [9.17, 15) is 9.59 Å².